The molecule has 1 amide bonds. The number of benzene rings is 1. The smallest absolute Gasteiger partial charge is 0.251 e. The highest BCUT2D eigenvalue weighted by Gasteiger charge is 2.19. The third kappa shape index (κ3) is 3.53. The molecular weight excluding hydrogens is 287 g/mol. The molecule has 0 bridgehead atoms. The van der Waals surface area contributed by atoms with E-state index in [1.807, 2.05) is 0 Å². The fraction of sp³-hybridized carbons (Fsp3) is 0.417. The summed E-state index contributed by atoms with van der Waals surface area (Å²) in [5.41, 5.74) is 0.0503. The topological polar surface area (TPSA) is 98.5 Å². The van der Waals surface area contributed by atoms with Gasteiger partial charge in [-0.15, -0.1) is 0 Å². The Kier molecular flexibility index (Phi) is 4.36. The second-order valence-corrected chi connectivity index (χ2v) is 6.16. The van der Waals surface area contributed by atoms with Crippen molar-refractivity contribution in [2.45, 2.75) is 11.3 Å². The predicted molar refractivity (Wildman–Crippen MR) is 69.0 cm³/mol. The number of primary sulfonamides is 1. The van der Waals surface area contributed by atoms with Crippen molar-refractivity contribution in [1.29, 1.82) is 0 Å². The van der Waals surface area contributed by atoms with Crippen molar-refractivity contribution in [2.24, 2.45) is 11.1 Å². The first-order valence-corrected chi connectivity index (χ1v) is 7.61. The van der Waals surface area contributed by atoms with Gasteiger partial charge in [0.15, 0.2) is 0 Å². The van der Waals surface area contributed by atoms with Crippen LogP contribution < -0.4 is 10.5 Å². The molecule has 1 aromatic carbocycles. The number of rotatable bonds is 4. The molecule has 2 rings (SSSR count). The quantitative estimate of drug-likeness (QED) is 0.832. The fourth-order valence-corrected chi connectivity index (χ4v) is 2.58. The maximum atomic E-state index is 13.4. The largest absolute Gasteiger partial charge is 0.381 e. The molecule has 0 aromatic heterocycles. The highest BCUT2D eigenvalue weighted by Crippen LogP contribution is 2.15. The molecule has 0 spiro atoms. The normalized spacial score (nSPS) is 19.0. The second-order valence-electron chi connectivity index (χ2n) is 4.63. The van der Waals surface area contributed by atoms with Crippen LogP contribution in [0.1, 0.15) is 16.8 Å². The van der Waals surface area contributed by atoms with E-state index in [0.29, 0.717) is 19.8 Å². The number of carbonyl (C=O) groups is 1. The van der Waals surface area contributed by atoms with Crippen molar-refractivity contribution in [2.75, 3.05) is 19.8 Å². The van der Waals surface area contributed by atoms with Gasteiger partial charge in [0.2, 0.25) is 10.0 Å². The van der Waals surface area contributed by atoms with Crippen LogP contribution in [0, 0.1) is 11.7 Å². The summed E-state index contributed by atoms with van der Waals surface area (Å²) >= 11 is 0. The molecule has 1 fully saturated rings. The zero-order valence-corrected chi connectivity index (χ0v) is 11.5. The van der Waals surface area contributed by atoms with Gasteiger partial charge in [0.25, 0.3) is 5.91 Å². The van der Waals surface area contributed by atoms with Crippen LogP contribution in [-0.2, 0) is 14.8 Å². The highest BCUT2D eigenvalue weighted by atomic mass is 32.2. The van der Waals surface area contributed by atoms with Gasteiger partial charge in [-0.1, -0.05) is 0 Å². The van der Waals surface area contributed by atoms with E-state index in [9.17, 15) is 17.6 Å². The Balaban J connectivity index is 2.10. The van der Waals surface area contributed by atoms with Crippen LogP contribution in [0.3, 0.4) is 0 Å². The molecule has 6 nitrogen and oxygen atoms in total. The van der Waals surface area contributed by atoms with Gasteiger partial charge in [0.1, 0.15) is 10.7 Å². The lowest BCUT2D eigenvalue weighted by Gasteiger charge is -2.10. The molecule has 110 valence electrons. The Bertz CT molecular complexity index is 612. The van der Waals surface area contributed by atoms with E-state index in [-0.39, 0.29) is 11.5 Å². The zero-order valence-electron chi connectivity index (χ0n) is 10.6. The Morgan fingerprint density at radius 2 is 2.25 bits per heavy atom. The molecular formula is C12H15FN2O4S. The van der Waals surface area contributed by atoms with Crippen LogP contribution in [0.4, 0.5) is 4.39 Å². The van der Waals surface area contributed by atoms with Gasteiger partial charge >= 0.3 is 0 Å². The number of hydrogen-bond donors (Lipinski definition) is 2. The summed E-state index contributed by atoms with van der Waals surface area (Å²) < 4.78 is 40.9. The van der Waals surface area contributed by atoms with Crippen LogP contribution in [-0.4, -0.2) is 34.1 Å². The van der Waals surface area contributed by atoms with E-state index in [1.54, 1.807) is 0 Å². The molecule has 1 unspecified atom stereocenters. The number of halogens is 1. The summed E-state index contributed by atoms with van der Waals surface area (Å²) in [5, 5.41) is 7.55. The molecule has 20 heavy (non-hydrogen) atoms. The van der Waals surface area contributed by atoms with Crippen molar-refractivity contribution in [3.8, 4) is 0 Å². The third-order valence-corrected chi connectivity index (χ3v) is 4.00. The molecule has 1 aromatic rings. The van der Waals surface area contributed by atoms with Crippen LogP contribution in [0.2, 0.25) is 0 Å². The van der Waals surface area contributed by atoms with E-state index < -0.39 is 26.6 Å². The van der Waals surface area contributed by atoms with Crippen molar-refractivity contribution in [3.63, 3.8) is 0 Å². The molecule has 0 radical (unpaired) electrons. The lowest BCUT2D eigenvalue weighted by molar-refractivity contribution is 0.0944. The minimum Gasteiger partial charge on any atom is -0.381 e. The molecule has 1 heterocycles. The summed E-state index contributed by atoms with van der Waals surface area (Å²) in [6.45, 7) is 1.69. The standard InChI is InChI=1S/C12H15FN2O4S/c13-10-2-1-9(5-11(10)20(14,17)18)12(16)15-6-8-3-4-19-7-8/h1-2,5,8H,3-4,6-7H2,(H,15,16)(H2,14,17,18). The van der Waals surface area contributed by atoms with Gasteiger partial charge in [0, 0.05) is 24.6 Å². The van der Waals surface area contributed by atoms with Gasteiger partial charge in [-0.3, -0.25) is 4.79 Å². The van der Waals surface area contributed by atoms with Crippen LogP contribution >= 0.6 is 0 Å². The molecule has 0 saturated carbocycles. The average molecular weight is 302 g/mol. The maximum absolute atomic E-state index is 13.4. The van der Waals surface area contributed by atoms with Gasteiger partial charge in [-0.05, 0) is 24.6 Å². The summed E-state index contributed by atoms with van der Waals surface area (Å²) in [6.07, 6.45) is 0.867. The van der Waals surface area contributed by atoms with Gasteiger partial charge in [-0.25, -0.2) is 17.9 Å². The van der Waals surface area contributed by atoms with E-state index in [4.69, 9.17) is 9.88 Å². The minimum absolute atomic E-state index is 0.0503. The van der Waals surface area contributed by atoms with Crippen molar-refractivity contribution in [1.82, 2.24) is 5.32 Å². The second kappa shape index (κ2) is 5.86. The predicted octanol–water partition coefficient (Wildman–Crippen LogP) is 0.239. The lowest BCUT2D eigenvalue weighted by Crippen LogP contribution is -2.29. The molecule has 0 aliphatic carbocycles. The molecule has 1 aliphatic heterocycles. The number of amides is 1. The Morgan fingerprint density at radius 1 is 1.50 bits per heavy atom. The SMILES string of the molecule is NS(=O)(=O)c1cc(C(=O)NCC2CCOC2)ccc1F. The van der Waals surface area contributed by atoms with Crippen molar-refractivity contribution >= 4 is 15.9 Å². The zero-order chi connectivity index (χ0) is 14.8. The van der Waals surface area contributed by atoms with Crippen LogP contribution in [0.5, 0.6) is 0 Å². The number of hydrogen-bond acceptors (Lipinski definition) is 4. The fourth-order valence-electron chi connectivity index (χ4n) is 1.95. The van der Waals surface area contributed by atoms with E-state index >= 15 is 0 Å². The summed E-state index contributed by atoms with van der Waals surface area (Å²) in [7, 11) is -4.20. The Hall–Kier alpha value is -1.51. The molecule has 1 atom stereocenters. The third-order valence-electron chi connectivity index (χ3n) is 3.08. The Morgan fingerprint density at radius 3 is 2.85 bits per heavy atom. The first kappa shape index (κ1) is 14.9. The van der Waals surface area contributed by atoms with Crippen molar-refractivity contribution in [3.05, 3.63) is 29.6 Å². The molecule has 8 heteroatoms. The van der Waals surface area contributed by atoms with E-state index in [0.717, 1.165) is 18.6 Å². The van der Waals surface area contributed by atoms with Crippen molar-refractivity contribution < 1.29 is 22.3 Å². The maximum Gasteiger partial charge on any atom is 0.251 e. The van der Waals surface area contributed by atoms with Gasteiger partial charge < -0.3 is 10.1 Å². The monoisotopic (exact) mass is 302 g/mol. The number of nitrogens with two attached hydrogens (primary N) is 1. The molecule has 1 saturated heterocycles. The van der Waals surface area contributed by atoms with Gasteiger partial charge in [-0.2, -0.15) is 0 Å². The number of sulfonamides is 1. The average Bonchev–Trinajstić information content (AvgIpc) is 2.88. The number of ether oxygens (including phenoxy) is 1. The first-order chi connectivity index (χ1) is 9.38. The summed E-state index contributed by atoms with van der Waals surface area (Å²) in [5.74, 6) is -1.20. The molecule has 3 N–H and O–H groups in total. The summed E-state index contributed by atoms with van der Waals surface area (Å²) in [4.78, 5) is 11.2. The number of nitrogens with one attached hydrogen (secondary N) is 1. The van der Waals surface area contributed by atoms with E-state index in [1.165, 1.54) is 6.07 Å². The highest BCUT2D eigenvalue weighted by molar-refractivity contribution is 7.89. The first-order valence-electron chi connectivity index (χ1n) is 6.06. The lowest BCUT2D eigenvalue weighted by atomic mass is 10.1. The summed E-state index contributed by atoms with van der Waals surface area (Å²) in [6, 6.07) is 3.06. The van der Waals surface area contributed by atoms with Gasteiger partial charge in [0.05, 0.1) is 6.61 Å². The van der Waals surface area contributed by atoms with E-state index in [2.05, 4.69) is 5.32 Å². The number of carbonyl (C=O) groups excluding carboxylic acids is 1. The minimum atomic E-state index is -4.20. The van der Waals surface area contributed by atoms with Crippen LogP contribution in [0.25, 0.3) is 0 Å². The molecule has 1 aliphatic rings. The van der Waals surface area contributed by atoms with Crippen LogP contribution in [0.15, 0.2) is 23.1 Å². The Labute approximate surface area is 116 Å².